The molecule has 0 unspecified atom stereocenters. The van der Waals surface area contributed by atoms with Gasteiger partial charge in [0.2, 0.25) is 0 Å². The number of methoxy groups -OCH3 is 1. The van der Waals surface area contributed by atoms with Crippen LogP contribution in [0.3, 0.4) is 0 Å². The molecule has 6 nitrogen and oxygen atoms in total. The van der Waals surface area contributed by atoms with Crippen molar-refractivity contribution in [3.8, 4) is 5.75 Å². The van der Waals surface area contributed by atoms with Gasteiger partial charge in [0.05, 0.1) is 36.1 Å². The molecular formula is C25H26N4O2. The maximum Gasteiger partial charge on any atom is 0.253 e. The molecule has 0 spiro atoms. The fourth-order valence-corrected chi connectivity index (χ4v) is 3.76. The number of aromatic nitrogens is 3. The van der Waals surface area contributed by atoms with Crippen molar-refractivity contribution in [3.05, 3.63) is 88.4 Å². The van der Waals surface area contributed by atoms with E-state index < -0.39 is 0 Å². The topological polar surface area (TPSA) is 69.0 Å². The van der Waals surface area contributed by atoms with Crippen LogP contribution in [-0.4, -0.2) is 27.8 Å². The molecule has 2 heterocycles. The number of pyridine rings is 1. The quantitative estimate of drug-likeness (QED) is 0.509. The number of ether oxygens (including phenoxy) is 1. The predicted octanol–water partition coefficient (Wildman–Crippen LogP) is 4.34. The van der Waals surface area contributed by atoms with Gasteiger partial charge in [0, 0.05) is 29.3 Å². The van der Waals surface area contributed by atoms with Gasteiger partial charge >= 0.3 is 0 Å². The second-order valence-corrected chi connectivity index (χ2v) is 7.66. The Kier molecular flexibility index (Phi) is 5.71. The first kappa shape index (κ1) is 20.6. The summed E-state index contributed by atoms with van der Waals surface area (Å²) in [6, 6.07) is 17.8. The van der Waals surface area contributed by atoms with Gasteiger partial charge in [-0.15, -0.1) is 0 Å². The van der Waals surface area contributed by atoms with Gasteiger partial charge in [-0.05, 0) is 44.5 Å². The van der Waals surface area contributed by atoms with E-state index in [1.165, 1.54) is 5.56 Å². The van der Waals surface area contributed by atoms with Crippen molar-refractivity contribution in [3.63, 3.8) is 0 Å². The van der Waals surface area contributed by atoms with Gasteiger partial charge in [-0.25, -0.2) is 0 Å². The highest BCUT2D eigenvalue weighted by Crippen LogP contribution is 2.22. The average molecular weight is 415 g/mol. The fraction of sp³-hybridized carbons (Fsp3) is 0.240. The molecule has 158 valence electrons. The van der Waals surface area contributed by atoms with Crippen LogP contribution in [0.5, 0.6) is 5.75 Å². The summed E-state index contributed by atoms with van der Waals surface area (Å²) in [4.78, 5) is 17.5. The van der Waals surface area contributed by atoms with E-state index in [0.717, 1.165) is 33.6 Å². The maximum absolute atomic E-state index is 12.9. The van der Waals surface area contributed by atoms with E-state index >= 15 is 0 Å². The third-order valence-electron chi connectivity index (χ3n) is 5.59. The Balaban J connectivity index is 1.52. The summed E-state index contributed by atoms with van der Waals surface area (Å²) in [5, 5.41) is 8.62. The lowest BCUT2D eigenvalue weighted by Gasteiger charge is -2.10. The van der Waals surface area contributed by atoms with Crippen LogP contribution in [-0.2, 0) is 13.1 Å². The molecular weight excluding hydrogens is 388 g/mol. The minimum atomic E-state index is -0.141. The Labute approximate surface area is 181 Å². The number of hydrogen-bond acceptors (Lipinski definition) is 4. The van der Waals surface area contributed by atoms with E-state index in [1.54, 1.807) is 7.11 Å². The smallest absolute Gasteiger partial charge is 0.253 e. The van der Waals surface area contributed by atoms with Crippen molar-refractivity contribution < 1.29 is 9.53 Å². The summed E-state index contributed by atoms with van der Waals surface area (Å²) in [6.07, 6.45) is 0. The predicted molar refractivity (Wildman–Crippen MR) is 121 cm³/mol. The molecule has 0 saturated carbocycles. The summed E-state index contributed by atoms with van der Waals surface area (Å²) >= 11 is 0. The molecule has 31 heavy (non-hydrogen) atoms. The minimum Gasteiger partial charge on any atom is -0.497 e. The van der Waals surface area contributed by atoms with E-state index in [9.17, 15) is 4.79 Å². The van der Waals surface area contributed by atoms with Crippen molar-refractivity contribution in [2.24, 2.45) is 0 Å². The fourth-order valence-electron chi connectivity index (χ4n) is 3.76. The lowest BCUT2D eigenvalue weighted by atomic mass is 10.1. The zero-order chi connectivity index (χ0) is 22.0. The second kappa shape index (κ2) is 8.60. The third-order valence-corrected chi connectivity index (χ3v) is 5.59. The molecule has 1 N–H and O–H groups in total. The van der Waals surface area contributed by atoms with Gasteiger partial charge < -0.3 is 10.1 Å². The van der Waals surface area contributed by atoms with Gasteiger partial charge in [0.25, 0.3) is 5.91 Å². The summed E-state index contributed by atoms with van der Waals surface area (Å²) in [7, 11) is 1.63. The van der Waals surface area contributed by atoms with Crippen LogP contribution in [0.4, 0.5) is 0 Å². The molecule has 6 heteroatoms. The van der Waals surface area contributed by atoms with E-state index in [4.69, 9.17) is 4.74 Å². The Morgan fingerprint density at radius 1 is 1.03 bits per heavy atom. The molecule has 0 saturated heterocycles. The highest BCUT2D eigenvalue weighted by molar-refractivity contribution is 5.98. The molecule has 1 amide bonds. The molecule has 0 radical (unpaired) electrons. The average Bonchev–Trinajstić information content (AvgIpc) is 3.04. The first-order chi connectivity index (χ1) is 15.0. The molecule has 0 fully saturated rings. The number of carbonyl (C=O) groups is 1. The van der Waals surface area contributed by atoms with Crippen molar-refractivity contribution in [2.75, 3.05) is 7.11 Å². The standard InChI is InChI=1S/C25H26N4O2/c1-16-22(12-20-10-11-21(31-4)13-24(20)27-16)25(30)26-14-23-17(2)28-29(18(23)3)15-19-8-6-5-7-9-19/h5-13H,14-15H2,1-4H3,(H,26,30). The zero-order valence-electron chi connectivity index (χ0n) is 18.3. The largest absolute Gasteiger partial charge is 0.497 e. The minimum absolute atomic E-state index is 0.141. The molecule has 0 atom stereocenters. The van der Waals surface area contributed by atoms with Crippen LogP contribution in [0, 0.1) is 20.8 Å². The number of fused-ring (bicyclic) bond motifs is 1. The Bertz CT molecular complexity index is 1250. The number of nitrogens with zero attached hydrogens (tertiary/aromatic N) is 3. The van der Waals surface area contributed by atoms with Crippen molar-refractivity contribution in [1.82, 2.24) is 20.1 Å². The molecule has 0 aliphatic carbocycles. The van der Waals surface area contributed by atoms with E-state index in [-0.39, 0.29) is 5.91 Å². The maximum atomic E-state index is 12.9. The molecule has 0 aliphatic heterocycles. The first-order valence-electron chi connectivity index (χ1n) is 10.3. The van der Waals surface area contributed by atoms with Crippen molar-refractivity contribution in [2.45, 2.75) is 33.9 Å². The van der Waals surface area contributed by atoms with Crippen molar-refractivity contribution in [1.29, 1.82) is 0 Å². The van der Waals surface area contributed by atoms with Crippen molar-refractivity contribution >= 4 is 16.8 Å². The van der Waals surface area contributed by atoms with Gasteiger partial charge in [-0.2, -0.15) is 5.10 Å². The first-order valence-corrected chi connectivity index (χ1v) is 10.3. The Hall–Kier alpha value is -3.67. The van der Waals surface area contributed by atoms with E-state index in [0.29, 0.717) is 24.3 Å². The van der Waals surface area contributed by atoms with Gasteiger partial charge in [0.1, 0.15) is 5.75 Å². The summed E-state index contributed by atoms with van der Waals surface area (Å²) in [6.45, 7) is 7.00. The summed E-state index contributed by atoms with van der Waals surface area (Å²) in [5.74, 6) is 0.604. The lowest BCUT2D eigenvalue weighted by molar-refractivity contribution is 0.0950. The van der Waals surface area contributed by atoms with Crippen LogP contribution in [0.25, 0.3) is 10.9 Å². The van der Waals surface area contributed by atoms with Gasteiger partial charge in [-0.3, -0.25) is 14.5 Å². The number of hydrogen-bond donors (Lipinski definition) is 1. The molecule has 0 aliphatic rings. The van der Waals surface area contributed by atoms with Crippen LogP contribution in [0.2, 0.25) is 0 Å². The molecule has 4 rings (SSSR count). The number of benzene rings is 2. The summed E-state index contributed by atoms with van der Waals surface area (Å²) in [5.41, 5.74) is 6.29. The second-order valence-electron chi connectivity index (χ2n) is 7.66. The Morgan fingerprint density at radius 3 is 2.55 bits per heavy atom. The Morgan fingerprint density at radius 2 is 1.81 bits per heavy atom. The number of nitrogens with one attached hydrogen (secondary N) is 1. The normalized spacial score (nSPS) is 11.0. The van der Waals surface area contributed by atoms with E-state index in [2.05, 4.69) is 27.5 Å². The molecule has 0 bridgehead atoms. The SMILES string of the molecule is COc1ccc2cc(C(=O)NCc3c(C)nn(Cc4ccccc4)c3C)c(C)nc2c1. The van der Waals surface area contributed by atoms with Crippen LogP contribution in [0.15, 0.2) is 54.6 Å². The van der Waals surface area contributed by atoms with Crippen LogP contribution >= 0.6 is 0 Å². The number of rotatable bonds is 6. The zero-order valence-corrected chi connectivity index (χ0v) is 18.3. The molecule has 2 aromatic carbocycles. The third kappa shape index (κ3) is 4.28. The lowest BCUT2D eigenvalue weighted by Crippen LogP contribution is -2.24. The number of aryl methyl sites for hydroxylation is 2. The highest BCUT2D eigenvalue weighted by atomic mass is 16.5. The monoisotopic (exact) mass is 414 g/mol. The molecule has 4 aromatic rings. The van der Waals surface area contributed by atoms with E-state index in [1.807, 2.05) is 67.9 Å². The number of carbonyl (C=O) groups excluding carboxylic acids is 1. The summed E-state index contributed by atoms with van der Waals surface area (Å²) < 4.78 is 7.25. The van der Waals surface area contributed by atoms with Gasteiger partial charge in [0.15, 0.2) is 0 Å². The van der Waals surface area contributed by atoms with Crippen LogP contribution < -0.4 is 10.1 Å². The van der Waals surface area contributed by atoms with Crippen LogP contribution in [0.1, 0.15) is 38.6 Å². The van der Waals surface area contributed by atoms with Gasteiger partial charge in [-0.1, -0.05) is 30.3 Å². The number of amides is 1. The highest BCUT2D eigenvalue weighted by Gasteiger charge is 2.16. The molecule has 2 aromatic heterocycles.